The topological polar surface area (TPSA) is 105 Å². The Bertz CT molecular complexity index is 538. The van der Waals surface area contributed by atoms with E-state index in [0.29, 0.717) is 11.3 Å². The van der Waals surface area contributed by atoms with Crippen LogP contribution in [0.1, 0.15) is 11.9 Å². The molecule has 6 nitrogen and oxygen atoms in total. The number of nitrogens with two attached hydrogens (primary N) is 2. The van der Waals surface area contributed by atoms with Gasteiger partial charge in [0.05, 0.1) is 0 Å². The van der Waals surface area contributed by atoms with Gasteiger partial charge in [0.1, 0.15) is 6.26 Å². The van der Waals surface area contributed by atoms with Crippen LogP contribution in [0.4, 0.5) is 5.69 Å². The van der Waals surface area contributed by atoms with Crippen LogP contribution >= 0.6 is 0 Å². The Labute approximate surface area is 92.5 Å². The van der Waals surface area contributed by atoms with Gasteiger partial charge in [-0.15, -0.1) is 0 Å². The van der Waals surface area contributed by atoms with E-state index in [0.717, 1.165) is 6.26 Å². The van der Waals surface area contributed by atoms with Crippen LogP contribution in [0.2, 0.25) is 0 Å². The van der Waals surface area contributed by atoms with Crippen LogP contribution in [0.25, 0.3) is 0 Å². The Kier molecular flexibility index (Phi) is 2.49. The van der Waals surface area contributed by atoms with E-state index in [1.165, 1.54) is 0 Å². The molecular formula is C9H10N2O4S. The summed E-state index contributed by atoms with van der Waals surface area (Å²) < 4.78 is 32.0. The van der Waals surface area contributed by atoms with E-state index in [-0.39, 0.29) is 5.09 Å². The number of rotatable bonds is 2. The lowest BCUT2D eigenvalue weighted by Crippen LogP contribution is -2.15. The maximum absolute atomic E-state index is 11.0. The van der Waals surface area contributed by atoms with Crippen LogP contribution in [0.3, 0.4) is 0 Å². The molecule has 0 saturated heterocycles. The fraction of sp³-hybridized carbons (Fsp3) is 0.111. The Balaban J connectivity index is 2.19. The summed E-state index contributed by atoms with van der Waals surface area (Å²) in [7, 11) is -3.87. The third-order valence-electron chi connectivity index (χ3n) is 1.97. The van der Waals surface area contributed by atoms with Crippen LogP contribution in [0.15, 0.2) is 35.6 Å². The van der Waals surface area contributed by atoms with E-state index >= 15 is 0 Å². The van der Waals surface area contributed by atoms with Crippen molar-refractivity contribution in [2.45, 2.75) is 6.29 Å². The van der Waals surface area contributed by atoms with Crippen molar-refractivity contribution in [3.8, 4) is 0 Å². The van der Waals surface area contributed by atoms with Crippen molar-refractivity contribution in [3.05, 3.63) is 41.2 Å². The highest BCUT2D eigenvalue weighted by molar-refractivity contribution is 7.92. The molecular weight excluding hydrogens is 232 g/mol. The second-order valence-corrected chi connectivity index (χ2v) is 4.73. The summed E-state index contributed by atoms with van der Waals surface area (Å²) in [5.74, 6) is 0. The Morgan fingerprint density at radius 1 is 1.31 bits per heavy atom. The first-order valence-corrected chi connectivity index (χ1v) is 5.92. The third kappa shape index (κ3) is 2.10. The van der Waals surface area contributed by atoms with E-state index < -0.39 is 16.3 Å². The van der Waals surface area contributed by atoms with Crippen molar-refractivity contribution in [2.75, 3.05) is 5.73 Å². The summed E-state index contributed by atoms with van der Waals surface area (Å²) in [4.78, 5) is 0. The molecule has 1 aliphatic heterocycles. The maximum atomic E-state index is 11.0. The molecule has 1 aromatic carbocycles. The first-order chi connectivity index (χ1) is 7.47. The van der Waals surface area contributed by atoms with Crippen molar-refractivity contribution < 1.29 is 17.9 Å². The smallest absolute Gasteiger partial charge is 0.274 e. The summed E-state index contributed by atoms with van der Waals surface area (Å²) >= 11 is 0. The van der Waals surface area contributed by atoms with Gasteiger partial charge in [0.2, 0.25) is 0 Å². The van der Waals surface area contributed by atoms with E-state index in [1.54, 1.807) is 24.3 Å². The lowest BCUT2D eigenvalue weighted by Gasteiger charge is -2.11. The maximum Gasteiger partial charge on any atom is 0.274 e. The molecule has 86 valence electrons. The number of benzene rings is 1. The molecule has 1 aromatic rings. The molecule has 0 radical (unpaired) electrons. The molecule has 0 bridgehead atoms. The lowest BCUT2D eigenvalue weighted by molar-refractivity contribution is -0.0280. The van der Waals surface area contributed by atoms with Crippen molar-refractivity contribution in [1.29, 1.82) is 0 Å². The van der Waals surface area contributed by atoms with Gasteiger partial charge in [-0.2, -0.15) is 0 Å². The number of hydrogen-bond donors (Lipinski definition) is 2. The number of sulfonamides is 1. The molecule has 1 unspecified atom stereocenters. The fourth-order valence-electron chi connectivity index (χ4n) is 1.26. The molecule has 4 N–H and O–H groups in total. The Morgan fingerprint density at radius 3 is 2.62 bits per heavy atom. The van der Waals surface area contributed by atoms with Gasteiger partial charge in [0.25, 0.3) is 21.4 Å². The zero-order chi connectivity index (χ0) is 11.8. The highest BCUT2D eigenvalue weighted by atomic mass is 32.2. The number of nitrogen functional groups attached to an aromatic ring is 1. The van der Waals surface area contributed by atoms with Crippen LogP contribution in [-0.2, 0) is 19.5 Å². The molecule has 1 atom stereocenters. The zero-order valence-corrected chi connectivity index (χ0v) is 8.98. The standard InChI is InChI=1S/C9H10N2O4S/c10-7-3-1-2-6(4-7)9-14-5-8(15-9)16(11,12)13/h1-5,9H,10H2,(H2,11,12,13). The average molecular weight is 242 g/mol. The predicted molar refractivity (Wildman–Crippen MR) is 57.0 cm³/mol. The molecule has 2 rings (SSSR count). The van der Waals surface area contributed by atoms with Crippen LogP contribution < -0.4 is 10.9 Å². The van der Waals surface area contributed by atoms with Crippen molar-refractivity contribution >= 4 is 15.7 Å². The van der Waals surface area contributed by atoms with Crippen molar-refractivity contribution in [1.82, 2.24) is 0 Å². The predicted octanol–water partition coefficient (Wildman–Crippen LogP) is 0.402. The largest absolute Gasteiger partial charge is 0.454 e. The van der Waals surface area contributed by atoms with Gasteiger partial charge in [0, 0.05) is 11.3 Å². The average Bonchev–Trinajstić information content (AvgIpc) is 2.65. The molecule has 1 heterocycles. The minimum absolute atomic E-state index is 0.389. The zero-order valence-electron chi connectivity index (χ0n) is 8.16. The van der Waals surface area contributed by atoms with Gasteiger partial charge >= 0.3 is 0 Å². The van der Waals surface area contributed by atoms with Gasteiger partial charge in [-0.05, 0) is 12.1 Å². The molecule has 0 amide bonds. The van der Waals surface area contributed by atoms with Crippen LogP contribution in [0, 0.1) is 0 Å². The summed E-state index contributed by atoms with van der Waals surface area (Å²) in [6, 6.07) is 6.75. The first kappa shape index (κ1) is 10.8. The van der Waals surface area contributed by atoms with E-state index in [2.05, 4.69) is 0 Å². The summed E-state index contributed by atoms with van der Waals surface area (Å²) in [6.45, 7) is 0. The minimum Gasteiger partial charge on any atom is -0.454 e. The van der Waals surface area contributed by atoms with E-state index in [1.807, 2.05) is 0 Å². The molecule has 0 aromatic heterocycles. The molecule has 0 spiro atoms. The van der Waals surface area contributed by atoms with Crippen molar-refractivity contribution in [2.24, 2.45) is 5.14 Å². The number of hydrogen-bond acceptors (Lipinski definition) is 5. The Morgan fingerprint density at radius 2 is 2.06 bits per heavy atom. The molecule has 16 heavy (non-hydrogen) atoms. The quantitative estimate of drug-likeness (QED) is 0.730. The van der Waals surface area contributed by atoms with Gasteiger partial charge < -0.3 is 15.2 Å². The van der Waals surface area contributed by atoms with Gasteiger partial charge in [-0.3, -0.25) is 0 Å². The summed E-state index contributed by atoms with van der Waals surface area (Å²) in [5, 5.41) is 4.50. The highest BCUT2D eigenvalue weighted by Gasteiger charge is 2.28. The van der Waals surface area contributed by atoms with Gasteiger partial charge in [-0.25, -0.2) is 13.6 Å². The second-order valence-electron chi connectivity index (χ2n) is 3.24. The highest BCUT2D eigenvalue weighted by Crippen LogP contribution is 2.30. The molecule has 1 aliphatic rings. The van der Waals surface area contributed by atoms with E-state index in [4.69, 9.17) is 20.3 Å². The fourth-order valence-corrected chi connectivity index (χ4v) is 1.68. The lowest BCUT2D eigenvalue weighted by atomic mass is 10.2. The number of primary sulfonamides is 1. The number of anilines is 1. The van der Waals surface area contributed by atoms with Gasteiger partial charge in [-0.1, -0.05) is 12.1 Å². The Hall–Kier alpha value is -1.73. The normalized spacial score (nSPS) is 19.8. The molecule has 0 fully saturated rings. The molecule has 0 aliphatic carbocycles. The molecule has 0 saturated carbocycles. The van der Waals surface area contributed by atoms with E-state index in [9.17, 15) is 8.42 Å². The third-order valence-corrected chi connectivity index (χ3v) is 2.73. The SMILES string of the molecule is Nc1cccc(C2OC=C(S(N)(=O)=O)O2)c1. The first-order valence-electron chi connectivity index (χ1n) is 4.37. The second kappa shape index (κ2) is 3.69. The molecule has 7 heteroatoms. The summed E-state index contributed by atoms with van der Waals surface area (Å²) in [6.07, 6.45) is 0.153. The van der Waals surface area contributed by atoms with Crippen LogP contribution in [-0.4, -0.2) is 8.42 Å². The minimum atomic E-state index is -3.87. The summed E-state index contributed by atoms with van der Waals surface area (Å²) in [5.41, 5.74) is 6.73. The number of ether oxygens (including phenoxy) is 2. The monoisotopic (exact) mass is 242 g/mol. The van der Waals surface area contributed by atoms with Gasteiger partial charge in [0.15, 0.2) is 0 Å². The van der Waals surface area contributed by atoms with Crippen molar-refractivity contribution in [3.63, 3.8) is 0 Å². The van der Waals surface area contributed by atoms with Crippen LogP contribution in [0.5, 0.6) is 0 Å².